The number of rotatable bonds is 2. The van der Waals surface area contributed by atoms with Gasteiger partial charge < -0.3 is 10.4 Å². The maximum absolute atomic E-state index is 9.16. The van der Waals surface area contributed by atoms with Gasteiger partial charge in [-0.3, -0.25) is 0 Å². The normalized spacial score (nSPS) is 17.9. The van der Waals surface area contributed by atoms with Gasteiger partial charge in [0.1, 0.15) is 6.61 Å². The molecular formula is C14H18N4O. The Bertz CT molecular complexity index is 605. The molecule has 2 heterocycles. The summed E-state index contributed by atoms with van der Waals surface area (Å²) in [6.45, 7) is 5.00. The van der Waals surface area contributed by atoms with Gasteiger partial charge in [-0.2, -0.15) is 10.1 Å². The van der Waals surface area contributed by atoms with Crippen molar-refractivity contribution in [1.82, 2.24) is 14.8 Å². The highest BCUT2D eigenvalue weighted by Crippen LogP contribution is 2.29. The zero-order valence-electron chi connectivity index (χ0n) is 11.2. The highest BCUT2D eigenvalue weighted by atomic mass is 16.3. The maximum atomic E-state index is 9.16. The number of fused-ring (bicyclic) bond motifs is 1. The third-order valence-electron chi connectivity index (χ3n) is 3.73. The van der Waals surface area contributed by atoms with Crippen LogP contribution in [-0.2, 0) is 6.61 Å². The Balaban J connectivity index is 2.02. The lowest BCUT2D eigenvalue weighted by molar-refractivity contribution is 0.270. The highest BCUT2D eigenvalue weighted by Gasteiger charge is 2.24. The molecule has 0 bridgehead atoms. The van der Waals surface area contributed by atoms with Crippen LogP contribution in [0.25, 0.3) is 0 Å². The molecule has 19 heavy (non-hydrogen) atoms. The van der Waals surface area contributed by atoms with Crippen molar-refractivity contribution in [1.29, 1.82) is 0 Å². The summed E-state index contributed by atoms with van der Waals surface area (Å²) in [5.41, 5.74) is 3.84. The fourth-order valence-corrected chi connectivity index (χ4v) is 2.50. The summed E-state index contributed by atoms with van der Waals surface area (Å²) in [6, 6.07) is 6.72. The summed E-state index contributed by atoms with van der Waals surface area (Å²) >= 11 is 0. The van der Waals surface area contributed by atoms with E-state index in [4.69, 9.17) is 5.11 Å². The summed E-state index contributed by atoms with van der Waals surface area (Å²) in [7, 11) is 0. The first-order valence-corrected chi connectivity index (χ1v) is 6.56. The number of benzene rings is 1. The Morgan fingerprint density at radius 3 is 2.95 bits per heavy atom. The zero-order valence-corrected chi connectivity index (χ0v) is 11.2. The fourth-order valence-electron chi connectivity index (χ4n) is 2.50. The van der Waals surface area contributed by atoms with Crippen LogP contribution in [0.1, 0.15) is 35.0 Å². The van der Waals surface area contributed by atoms with E-state index in [0.29, 0.717) is 5.82 Å². The predicted molar refractivity (Wildman–Crippen MR) is 73.1 cm³/mol. The number of aryl methyl sites for hydroxylation is 2. The lowest BCUT2D eigenvalue weighted by Crippen LogP contribution is -2.24. The SMILES string of the molecule is Cc1ccc(C2CCNc3nc(CO)nn32)cc1C. The van der Waals surface area contributed by atoms with Crippen LogP contribution >= 0.6 is 0 Å². The lowest BCUT2D eigenvalue weighted by Gasteiger charge is -2.25. The van der Waals surface area contributed by atoms with Crippen LogP contribution in [-0.4, -0.2) is 26.4 Å². The smallest absolute Gasteiger partial charge is 0.222 e. The first kappa shape index (κ1) is 12.2. The minimum absolute atomic E-state index is 0.124. The Morgan fingerprint density at radius 2 is 2.21 bits per heavy atom. The van der Waals surface area contributed by atoms with Crippen molar-refractivity contribution in [2.45, 2.75) is 32.9 Å². The Morgan fingerprint density at radius 1 is 1.37 bits per heavy atom. The molecule has 100 valence electrons. The minimum atomic E-state index is -0.124. The van der Waals surface area contributed by atoms with Gasteiger partial charge in [-0.25, -0.2) is 4.68 Å². The molecule has 0 amide bonds. The van der Waals surface area contributed by atoms with Crippen LogP contribution < -0.4 is 5.32 Å². The zero-order chi connectivity index (χ0) is 13.4. The molecule has 1 aliphatic rings. The van der Waals surface area contributed by atoms with Gasteiger partial charge in [-0.15, -0.1) is 0 Å². The van der Waals surface area contributed by atoms with Crippen LogP contribution in [0.3, 0.4) is 0 Å². The van der Waals surface area contributed by atoms with E-state index in [1.807, 2.05) is 4.68 Å². The van der Waals surface area contributed by atoms with Gasteiger partial charge in [0.05, 0.1) is 6.04 Å². The molecule has 0 fully saturated rings. The van der Waals surface area contributed by atoms with Crippen molar-refractivity contribution in [3.05, 3.63) is 40.7 Å². The molecule has 0 saturated carbocycles. The molecule has 5 heteroatoms. The molecule has 3 rings (SSSR count). The first-order chi connectivity index (χ1) is 9.19. The van der Waals surface area contributed by atoms with E-state index in [1.54, 1.807) is 0 Å². The average molecular weight is 258 g/mol. The van der Waals surface area contributed by atoms with Gasteiger partial charge in [-0.1, -0.05) is 18.2 Å². The molecule has 1 atom stereocenters. The Labute approximate surface area is 112 Å². The molecule has 2 aromatic rings. The molecule has 1 unspecified atom stereocenters. The molecule has 1 aliphatic heterocycles. The van der Waals surface area contributed by atoms with Gasteiger partial charge in [0, 0.05) is 6.54 Å². The van der Waals surface area contributed by atoms with Gasteiger partial charge in [-0.05, 0) is 37.0 Å². The monoisotopic (exact) mass is 258 g/mol. The van der Waals surface area contributed by atoms with Crippen LogP contribution in [0.4, 0.5) is 5.95 Å². The largest absolute Gasteiger partial charge is 0.388 e. The van der Waals surface area contributed by atoms with Crippen molar-refractivity contribution in [3.63, 3.8) is 0 Å². The van der Waals surface area contributed by atoms with Crippen LogP contribution in [0, 0.1) is 13.8 Å². The van der Waals surface area contributed by atoms with Crippen molar-refractivity contribution < 1.29 is 5.11 Å². The first-order valence-electron chi connectivity index (χ1n) is 6.56. The van der Waals surface area contributed by atoms with E-state index >= 15 is 0 Å². The fraction of sp³-hybridized carbons (Fsp3) is 0.429. The van der Waals surface area contributed by atoms with Crippen molar-refractivity contribution in [3.8, 4) is 0 Å². The van der Waals surface area contributed by atoms with Crippen LogP contribution in [0.5, 0.6) is 0 Å². The number of hydrogen-bond acceptors (Lipinski definition) is 4. The molecule has 0 spiro atoms. The van der Waals surface area contributed by atoms with E-state index in [2.05, 4.69) is 47.4 Å². The molecule has 1 aromatic heterocycles. The summed E-state index contributed by atoms with van der Waals surface area (Å²) in [4.78, 5) is 4.28. The molecule has 1 aromatic carbocycles. The van der Waals surface area contributed by atoms with E-state index < -0.39 is 0 Å². The number of aliphatic hydroxyl groups is 1. The van der Waals surface area contributed by atoms with E-state index in [0.717, 1.165) is 18.9 Å². The van der Waals surface area contributed by atoms with Crippen molar-refractivity contribution >= 4 is 5.95 Å². The molecule has 2 N–H and O–H groups in total. The molecule has 0 saturated heterocycles. The Hall–Kier alpha value is -1.88. The summed E-state index contributed by atoms with van der Waals surface area (Å²) in [5.74, 6) is 1.22. The summed E-state index contributed by atoms with van der Waals surface area (Å²) in [5, 5.41) is 16.8. The standard InChI is InChI=1S/C14H18N4O/c1-9-3-4-11(7-10(9)2)12-5-6-15-14-16-13(8-19)17-18(12)14/h3-4,7,12,19H,5-6,8H2,1-2H3,(H,15,16,17). The second-order valence-electron chi connectivity index (χ2n) is 5.03. The van der Waals surface area contributed by atoms with Gasteiger partial charge in [0.15, 0.2) is 5.82 Å². The second kappa shape index (κ2) is 4.66. The number of nitrogens with one attached hydrogen (secondary N) is 1. The molecule has 5 nitrogen and oxygen atoms in total. The number of hydrogen-bond donors (Lipinski definition) is 2. The lowest BCUT2D eigenvalue weighted by atomic mass is 9.98. The topological polar surface area (TPSA) is 63.0 Å². The quantitative estimate of drug-likeness (QED) is 0.862. The third kappa shape index (κ3) is 2.10. The highest BCUT2D eigenvalue weighted by molar-refractivity contribution is 5.36. The van der Waals surface area contributed by atoms with Gasteiger partial charge in [0.25, 0.3) is 0 Å². The van der Waals surface area contributed by atoms with Crippen molar-refractivity contribution in [2.24, 2.45) is 0 Å². The minimum Gasteiger partial charge on any atom is -0.388 e. The van der Waals surface area contributed by atoms with Crippen molar-refractivity contribution in [2.75, 3.05) is 11.9 Å². The average Bonchev–Trinajstić information content (AvgIpc) is 2.85. The van der Waals surface area contributed by atoms with E-state index in [-0.39, 0.29) is 12.6 Å². The van der Waals surface area contributed by atoms with Crippen LogP contribution in [0.15, 0.2) is 18.2 Å². The number of anilines is 1. The number of aromatic nitrogens is 3. The predicted octanol–water partition coefficient (Wildman–Crippen LogP) is 1.79. The summed E-state index contributed by atoms with van der Waals surface area (Å²) in [6.07, 6.45) is 0.976. The van der Waals surface area contributed by atoms with Gasteiger partial charge >= 0.3 is 0 Å². The molecule has 0 radical (unpaired) electrons. The van der Waals surface area contributed by atoms with E-state index in [1.165, 1.54) is 16.7 Å². The number of nitrogens with zero attached hydrogens (tertiary/aromatic N) is 3. The number of aliphatic hydroxyl groups excluding tert-OH is 1. The Kier molecular flexibility index (Phi) is 2.98. The second-order valence-corrected chi connectivity index (χ2v) is 5.03. The summed E-state index contributed by atoms with van der Waals surface area (Å²) < 4.78 is 1.89. The van der Waals surface area contributed by atoms with Gasteiger partial charge in [0.2, 0.25) is 5.95 Å². The van der Waals surface area contributed by atoms with E-state index in [9.17, 15) is 0 Å². The molecular weight excluding hydrogens is 240 g/mol. The molecule has 0 aliphatic carbocycles. The maximum Gasteiger partial charge on any atom is 0.222 e. The van der Waals surface area contributed by atoms with Crippen LogP contribution in [0.2, 0.25) is 0 Å². The third-order valence-corrected chi connectivity index (χ3v) is 3.73.